The second kappa shape index (κ2) is 5.87. The van der Waals surface area contributed by atoms with Crippen LogP contribution in [0.25, 0.3) is 6.08 Å². The van der Waals surface area contributed by atoms with Gasteiger partial charge in [-0.15, -0.1) is 0 Å². The third-order valence-corrected chi connectivity index (χ3v) is 2.62. The number of methoxy groups -OCH3 is 1. The number of para-hydroxylation sites is 1. The number of benzene rings is 2. The normalized spacial score (nSPS) is 9.74. The molecule has 2 aromatic carbocycles. The van der Waals surface area contributed by atoms with Crippen molar-refractivity contribution >= 4 is 12.0 Å². The Balaban J connectivity index is 2.28. The van der Waals surface area contributed by atoms with Gasteiger partial charge in [0.1, 0.15) is 11.5 Å². The predicted molar refractivity (Wildman–Crippen MR) is 74.4 cm³/mol. The molecule has 0 unspecified atom stereocenters. The molecule has 0 radical (unpaired) electrons. The Labute approximate surface area is 112 Å². The quantitative estimate of drug-likeness (QED) is 0.776. The monoisotopic (exact) mass is 254 g/mol. The minimum atomic E-state index is -0.387. The van der Waals surface area contributed by atoms with E-state index in [4.69, 9.17) is 4.74 Å². The van der Waals surface area contributed by atoms with Gasteiger partial charge in [0.2, 0.25) is 0 Å². The van der Waals surface area contributed by atoms with Crippen molar-refractivity contribution in [1.82, 2.24) is 0 Å². The van der Waals surface area contributed by atoms with Crippen molar-refractivity contribution in [2.45, 2.75) is 0 Å². The van der Waals surface area contributed by atoms with Crippen LogP contribution in [0.4, 0.5) is 0 Å². The van der Waals surface area contributed by atoms with E-state index in [1.54, 1.807) is 30.3 Å². The summed E-state index contributed by atoms with van der Waals surface area (Å²) in [6.07, 6.45) is 1.72. The van der Waals surface area contributed by atoms with Gasteiger partial charge >= 0.3 is 5.97 Å². The van der Waals surface area contributed by atoms with Crippen LogP contribution in [-0.4, -0.2) is 13.1 Å². The zero-order chi connectivity index (χ0) is 13.7. The lowest BCUT2D eigenvalue weighted by Crippen LogP contribution is -2.00. The summed E-state index contributed by atoms with van der Waals surface area (Å²) < 4.78 is 10.4. The van der Waals surface area contributed by atoms with Crippen molar-refractivity contribution in [3.8, 4) is 11.5 Å². The molecule has 0 saturated heterocycles. The summed E-state index contributed by atoms with van der Waals surface area (Å²) in [6.45, 7) is 3.74. The van der Waals surface area contributed by atoms with E-state index in [1.807, 2.05) is 24.3 Å². The number of hydrogen-bond acceptors (Lipinski definition) is 3. The molecule has 0 saturated carbocycles. The highest BCUT2D eigenvalue weighted by atomic mass is 16.5. The van der Waals surface area contributed by atoms with Crippen LogP contribution in [0.5, 0.6) is 11.5 Å². The molecule has 0 fully saturated rings. The molecule has 0 spiro atoms. The molecule has 0 atom stereocenters. The Morgan fingerprint density at radius 1 is 1.16 bits per heavy atom. The van der Waals surface area contributed by atoms with Gasteiger partial charge in [-0.2, -0.15) is 0 Å². The topological polar surface area (TPSA) is 35.5 Å². The smallest absolute Gasteiger partial charge is 0.337 e. The SMILES string of the molecule is C=Cc1ccccc1Oc1cccc(C(=O)OC)c1. The molecule has 0 aromatic heterocycles. The predicted octanol–water partition coefficient (Wildman–Crippen LogP) is 3.91. The number of hydrogen-bond donors (Lipinski definition) is 0. The molecule has 0 aliphatic rings. The molecule has 3 nitrogen and oxygen atoms in total. The summed E-state index contributed by atoms with van der Waals surface area (Å²) in [6, 6.07) is 14.4. The highest BCUT2D eigenvalue weighted by Gasteiger charge is 2.07. The lowest BCUT2D eigenvalue weighted by molar-refractivity contribution is 0.0600. The van der Waals surface area contributed by atoms with Crippen molar-refractivity contribution in [1.29, 1.82) is 0 Å². The largest absolute Gasteiger partial charge is 0.465 e. The first kappa shape index (κ1) is 12.9. The first-order valence-corrected chi connectivity index (χ1v) is 5.82. The van der Waals surface area contributed by atoms with Crippen LogP contribution >= 0.6 is 0 Å². The Morgan fingerprint density at radius 2 is 1.95 bits per heavy atom. The van der Waals surface area contributed by atoms with Gasteiger partial charge in [0.25, 0.3) is 0 Å². The van der Waals surface area contributed by atoms with Crippen LogP contribution in [0.2, 0.25) is 0 Å². The van der Waals surface area contributed by atoms with Gasteiger partial charge in [-0.3, -0.25) is 0 Å². The van der Waals surface area contributed by atoms with E-state index in [0.29, 0.717) is 17.1 Å². The van der Waals surface area contributed by atoms with E-state index < -0.39 is 0 Å². The number of rotatable bonds is 4. The highest BCUT2D eigenvalue weighted by molar-refractivity contribution is 5.89. The summed E-state index contributed by atoms with van der Waals surface area (Å²) in [4.78, 5) is 11.4. The fourth-order valence-electron chi connectivity index (χ4n) is 1.67. The van der Waals surface area contributed by atoms with Crippen molar-refractivity contribution in [3.63, 3.8) is 0 Å². The van der Waals surface area contributed by atoms with Gasteiger partial charge in [0, 0.05) is 5.56 Å². The molecular weight excluding hydrogens is 240 g/mol. The Bertz CT molecular complexity index is 602. The van der Waals surface area contributed by atoms with E-state index in [0.717, 1.165) is 5.56 Å². The summed E-state index contributed by atoms with van der Waals surface area (Å²) in [5, 5.41) is 0. The molecule has 0 heterocycles. The molecule has 3 heteroatoms. The van der Waals surface area contributed by atoms with E-state index >= 15 is 0 Å². The maximum atomic E-state index is 11.4. The first-order valence-electron chi connectivity index (χ1n) is 5.82. The van der Waals surface area contributed by atoms with Crippen LogP contribution in [0.3, 0.4) is 0 Å². The third kappa shape index (κ3) is 3.01. The lowest BCUT2D eigenvalue weighted by Gasteiger charge is -2.09. The Kier molecular flexibility index (Phi) is 3.98. The fraction of sp³-hybridized carbons (Fsp3) is 0.0625. The van der Waals surface area contributed by atoms with Crippen LogP contribution in [0.15, 0.2) is 55.1 Å². The zero-order valence-corrected chi connectivity index (χ0v) is 10.6. The summed E-state index contributed by atoms with van der Waals surface area (Å²) in [7, 11) is 1.35. The second-order valence-corrected chi connectivity index (χ2v) is 3.86. The molecule has 2 aromatic rings. The van der Waals surface area contributed by atoms with E-state index in [9.17, 15) is 4.79 Å². The van der Waals surface area contributed by atoms with Crippen LogP contribution in [0, 0.1) is 0 Å². The minimum absolute atomic E-state index is 0.387. The minimum Gasteiger partial charge on any atom is -0.465 e. The van der Waals surface area contributed by atoms with Gasteiger partial charge < -0.3 is 9.47 Å². The van der Waals surface area contributed by atoms with Crippen molar-refractivity contribution in [3.05, 3.63) is 66.2 Å². The van der Waals surface area contributed by atoms with Crippen LogP contribution < -0.4 is 4.74 Å². The summed E-state index contributed by atoms with van der Waals surface area (Å²) in [5.74, 6) is 0.888. The molecule has 0 aliphatic carbocycles. The summed E-state index contributed by atoms with van der Waals surface area (Å²) in [5.41, 5.74) is 1.35. The first-order chi connectivity index (χ1) is 9.24. The number of carbonyl (C=O) groups is 1. The fourth-order valence-corrected chi connectivity index (χ4v) is 1.67. The highest BCUT2D eigenvalue weighted by Crippen LogP contribution is 2.26. The Hall–Kier alpha value is -2.55. The van der Waals surface area contributed by atoms with Crippen LogP contribution in [0.1, 0.15) is 15.9 Å². The molecule has 96 valence electrons. The van der Waals surface area contributed by atoms with Gasteiger partial charge in [-0.25, -0.2) is 4.79 Å². The average molecular weight is 254 g/mol. The number of carbonyl (C=O) groups excluding carboxylic acids is 1. The molecule has 0 aliphatic heterocycles. The van der Waals surface area contributed by atoms with E-state index in [1.165, 1.54) is 7.11 Å². The van der Waals surface area contributed by atoms with Crippen molar-refractivity contribution in [2.75, 3.05) is 7.11 Å². The van der Waals surface area contributed by atoms with Gasteiger partial charge in [0.15, 0.2) is 0 Å². The zero-order valence-electron chi connectivity index (χ0n) is 10.6. The molecule has 19 heavy (non-hydrogen) atoms. The van der Waals surface area contributed by atoms with Crippen molar-refractivity contribution in [2.24, 2.45) is 0 Å². The molecule has 0 bridgehead atoms. The molecule has 0 N–H and O–H groups in total. The number of ether oxygens (including phenoxy) is 2. The molecule has 2 rings (SSSR count). The Morgan fingerprint density at radius 3 is 2.68 bits per heavy atom. The molecular formula is C16H14O3. The molecule has 0 amide bonds. The van der Waals surface area contributed by atoms with Gasteiger partial charge in [0.05, 0.1) is 12.7 Å². The number of esters is 1. The average Bonchev–Trinajstić information content (AvgIpc) is 2.47. The van der Waals surface area contributed by atoms with Gasteiger partial charge in [-0.1, -0.05) is 36.9 Å². The summed E-state index contributed by atoms with van der Waals surface area (Å²) >= 11 is 0. The maximum Gasteiger partial charge on any atom is 0.337 e. The van der Waals surface area contributed by atoms with Crippen molar-refractivity contribution < 1.29 is 14.3 Å². The maximum absolute atomic E-state index is 11.4. The van der Waals surface area contributed by atoms with Crippen LogP contribution in [-0.2, 0) is 4.74 Å². The van der Waals surface area contributed by atoms with Gasteiger partial charge in [-0.05, 0) is 24.3 Å². The lowest BCUT2D eigenvalue weighted by atomic mass is 10.2. The van der Waals surface area contributed by atoms with E-state index in [-0.39, 0.29) is 5.97 Å². The third-order valence-electron chi connectivity index (χ3n) is 2.62. The standard InChI is InChI=1S/C16H14O3/c1-3-12-7-4-5-10-15(12)19-14-9-6-8-13(11-14)16(17)18-2/h3-11H,1H2,2H3. The van der Waals surface area contributed by atoms with E-state index in [2.05, 4.69) is 11.3 Å². The second-order valence-electron chi connectivity index (χ2n) is 3.86.